The van der Waals surface area contributed by atoms with Crippen molar-refractivity contribution in [1.82, 2.24) is 14.8 Å². The summed E-state index contributed by atoms with van der Waals surface area (Å²) in [5.41, 5.74) is 2.20. The second-order valence-corrected chi connectivity index (χ2v) is 8.21. The summed E-state index contributed by atoms with van der Waals surface area (Å²) in [6.45, 7) is 4.11. The lowest BCUT2D eigenvalue weighted by atomic mass is 10.1. The molecule has 1 atom stereocenters. The zero-order valence-electron chi connectivity index (χ0n) is 15.0. The molecule has 0 radical (unpaired) electrons. The van der Waals surface area contributed by atoms with E-state index < -0.39 is 0 Å². The molecule has 0 bridgehead atoms. The Morgan fingerprint density at radius 3 is 2.67 bits per heavy atom. The van der Waals surface area contributed by atoms with E-state index in [9.17, 15) is 4.79 Å². The minimum absolute atomic E-state index is 0.117. The fourth-order valence-electron chi connectivity index (χ4n) is 3.83. The van der Waals surface area contributed by atoms with Gasteiger partial charge in [-0.15, -0.1) is 11.3 Å². The summed E-state index contributed by atoms with van der Waals surface area (Å²) in [7, 11) is 0. The molecule has 138 valence electrons. The number of piperazine rings is 1. The molecule has 3 aromatic rings. The average molecular weight is 379 g/mol. The molecule has 1 saturated heterocycles. The van der Waals surface area contributed by atoms with Crippen molar-refractivity contribution in [2.75, 3.05) is 26.2 Å². The lowest BCUT2D eigenvalue weighted by Crippen LogP contribution is -2.51. The number of fused-ring (bicyclic) bond motifs is 2. The van der Waals surface area contributed by atoms with Gasteiger partial charge in [-0.05, 0) is 23.8 Å². The summed E-state index contributed by atoms with van der Waals surface area (Å²) >= 11 is 1.76. The van der Waals surface area contributed by atoms with Crippen LogP contribution in [0.1, 0.15) is 10.6 Å². The lowest BCUT2D eigenvalue weighted by Gasteiger charge is -2.35. The van der Waals surface area contributed by atoms with Crippen molar-refractivity contribution in [3.8, 4) is 5.75 Å². The number of carbonyl (C=O) groups excluding carboxylic acids is 1. The van der Waals surface area contributed by atoms with E-state index in [0.29, 0.717) is 6.42 Å². The Labute approximate surface area is 162 Å². The highest BCUT2D eigenvalue weighted by Crippen LogP contribution is 2.29. The number of benzene rings is 2. The molecule has 2 aliphatic rings. The third kappa shape index (κ3) is 3.31. The van der Waals surface area contributed by atoms with Gasteiger partial charge in [-0.3, -0.25) is 9.69 Å². The van der Waals surface area contributed by atoms with Gasteiger partial charge in [0.2, 0.25) is 0 Å². The Morgan fingerprint density at radius 2 is 1.85 bits per heavy atom. The van der Waals surface area contributed by atoms with Crippen molar-refractivity contribution in [3.63, 3.8) is 0 Å². The summed E-state index contributed by atoms with van der Waals surface area (Å²) in [6, 6.07) is 16.2. The highest BCUT2D eigenvalue weighted by Gasteiger charge is 2.33. The predicted octanol–water partition coefficient (Wildman–Crippen LogP) is 2.94. The molecule has 1 aromatic heterocycles. The van der Waals surface area contributed by atoms with Crippen LogP contribution in [0.4, 0.5) is 0 Å². The molecule has 27 heavy (non-hydrogen) atoms. The van der Waals surface area contributed by atoms with Gasteiger partial charge in [0.05, 0.1) is 16.8 Å². The Kier molecular flexibility index (Phi) is 4.30. The number of aromatic nitrogens is 1. The van der Waals surface area contributed by atoms with Crippen molar-refractivity contribution in [1.29, 1.82) is 0 Å². The average Bonchev–Trinajstić information content (AvgIpc) is 3.31. The summed E-state index contributed by atoms with van der Waals surface area (Å²) in [4.78, 5) is 21.9. The highest BCUT2D eigenvalue weighted by atomic mass is 32.1. The first kappa shape index (κ1) is 16.7. The topological polar surface area (TPSA) is 45.7 Å². The van der Waals surface area contributed by atoms with Crippen LogP contribution in [-0.2, 0) is 17.8 Å². The van der Waals surface area contributed by atoms with Crippen LogP contribution < -0.4 is 4.74 Å². The predicted molar refractivity (Wildman–Crippen MR) is 106 cm³/mol. The quantitative estimate of drug-likeness (QED) is 0.702. The maximum absolute atomic E-state index is 12.8. The van der Waals surface area contributed by atoms with Gasteiger partial charge in [0, 0.05) is 32.6 Å². The minimum Gasteiger partial charge on any atom is -0.480 e. The first-order valence-electron chi connectivity index (χ1n) is 9.36. The van der Waals surface area contributed by atoms with Gasteiger partial charge >= 0.3 is 0 Å². The molecule has 0 saturated carbocycles. The molecule has 6 heteroatoms. The van der Waals surface area contributed by atoms with Crippen LogP contribution in [0.15, 0.2) is 48.5 Å². The van der Waals surface area contributed by atoms with Gasteiger partial charge in [-0.1, -0.05) is 30.3 Å². The molecule has 1 unspecified atom stereocenters. The van der Waals surface area contributed by atoms with E-state index in [1.807, 2.05) is 35.2 Å². The van der Waals surface area contributed by atoms with Crippen LogP contribution >= 0.6 is 11.3 Å². The van der Waals surface area contributed by atoms with Crippen LogP contribution in [0.2, 0.25) is 0 Å². The van der Waals surface area contributed by atoms with E-state index in [1.54, 1.807) is 11.3 Å². The van der Waals surface area contributed by atoms with Gasteiger partial charge in [-0.25, -0.2) is 4.98 Å². The van der Waals surface area contributed by atoms with Crippen molar-refractivity contribution >= 4 is 27.5 Å². The molecular formula is C21H21N3O2S. The molecule has 3 heterocycles. The number of carbonyl (C=O) groups is 1. The number of rotatable bonds is 3. The van der Waals surface area contributed by atoms with Crippen molar-refractivity contribution < 1.29 is 9.53 Å². The minimum atomic E-state index is -0.363. The third-order valence-electron chi connectivity index (χ3n) is 5.30. The number of amides is 1. The third-order valence-corrected chi connectivity index (χ3v) is 6.32. The molecule has 2 aliphatic heterocycles. The molecule has 0 aliphatic carbocycles. The van der Waals surface area contributed by atoms with Gasteiger partial charge in [0.25, 0.3) is 5.91 Å². The van der Waals surface area contributed by atoms with Gasteiger partial charge in [0.1, 0.15) is 10.8 Å². The first-order valence-corrected chi connectivity index (χ1v) is 10.2. The molecule has 1 fully saturated rings. The SMILES string of the molecule is O=C(C1Cc2ccccc2O1)N1CCN(Cc2nc3ccccc3s2)CC1. The Balaban J connectivity index is 1.17. The molecule has 0 spiro atoms. The van der Waals surface area contributed by atoms with Crippen LogP contribution in [0.3, 0.4) is 0 Å². The fraction of sp³-hybridized carbons (Fsp3) is 0.333. The number of para-hydroxylation sites is 2. The summed E-state index contributed by atoms with van der Waals surface area (Å²) in [6.07, 6.45) is 0.319. The number of ether oxygens (including phenoxy) is 1. The van der Waals surface area contributed by atoms with Gasteiger partial charge < -0.3 is 9.64 Å². The Morgan fingerprint density at radius 1 is 1.07 bits per heavy atom. The first-order chi connectivity index (χ1) is 13.3. The zero-order valence-corrected chi connectivity index (χ0v) is 15.8. The fourth-order valence-corrected chi connectivity index (χ4v) is 4.84. The van der Waals surface area contributed by atoms with Crippen LogP contribution in [-0.4, -0.2) is 53.0 Å². The highest BCUT2D eigenvalue weighted by molar-refractivity contribution is 7.18. The van der Waals surface area contributed by atoms with E-state index in [1.165, 1.54) is 4.70 Å². The number of nitrogens with zero attached hydrogens (tertiary/aromatic N) is 3. The standard InChI is InChI=1S/C21H21N3O2S/c25-21(18-13-15-5-1-3-7-17(15)26-18)24-11-9-23(10-12-24)14-20-22-16-6-2-4-8-19(16)27-20/h1-8,18H,9-14H2. The molecule has 1 amide bonds. The molecule has 5 nitrogen and oxygen atoms in total. The zero-order chi connectivity index (χ0) is 18.2. The van der Waals surface area contributed by atoms with E-state index in [4.69, 9.17) is 9.72 Å². The van der Waals surface area contributed by atoms with E-state index >= 15 is 0 Å². The Hall–Kier alpha value is -2.44. The van der Waals surface area contributed by atoms with Crippen LogP contribution in [0.5, 0.6) is 5.75 Å². The molecular weight excluding hydrogens is 358 g/mol. The van der Waals surface area contributed by atoms with Crippen molar-refractivity contribution in [3.05, 3.63) is 59.1 Å². The summed E-state index contributed by atoms with van der Waals surface area (Å²) in [5, 5.41) is 1.14. The van der Waals surface area contributed by atoms with Crippen LogP contribution in [0, 0.1) is 0 Å². The molecule has 2 aromatic carbocycles. The van der Waals surface area contributed by atoms with E-state index in [2.05, 4.69) is 23.1 Å². The van der Waals surface area contributed by atoms with E-state index in [-0.39, 0.29) is 12.0 Å². The maximum atomic E-state index is 12.8. The van der Waals surface area contributed by atoms with Crippen molar-refractivity contribution in [2.24, 2.45) is 0 Å². The number of thiazole rings is 1. The molecule has 5 rings (SSSR count). The normalized spacial score (nSPS) is 19.9. The van der Waals surface area contributed by atoms with Gasteiger partial charge in [0.15, 0.2) is 6.10 Å². The molecule has 0 N–H and O–H groups in total. The largest absolute Gasteiger partial charge is 0.480 e. The number of hydrogen-bond donors (Lipinski definition) is 0. The smallest absolute Gasteiger partial charge is 0.264 e. The van der Waals surface area contributed by atoms with Crippen LogP contribution in [0.25, 0.3) is 10.2 Å². The number of hydrogen-bond acceptors (Lipinski definition) is 5. The lowest BCUT2D eigenvalue weighted by molar-refractivity contribution is -0.139. The Bertz CT molecular complexity index is 920. The monoisotopic (exact) mass is 379 g/mol. The van der Waals surface area contributed by atoms with Gasteiger partial charge in [-0.2, -0.15) is 0 Å². The van der Waals surface area contributed by atoms with Crippen molar-refractivity contribution in [2.45, 2.75) is 19.1 Å². The maximum Gasteiger partial charge on any atom is 0.264 e. The second kappa shape index (κ2) is 6.94. The summed E-state index contributed by atoms with van der Waals surface area (Å²) in [5.74, 6) is 0.969. The van der Waals surface area contributed by atoms with E-state index in [0.717, 1.165) is 54.6 Å². The summed E-state index contributed by atoms with van der Waals surface area (Å²) < 4.78 is 7.10. The second-order valence-electron chi connectivity index (χ2n) is 7.10.